The zero-order chi connectivity index (χ0) is 27.9. The van der Waals surface area contributed by atoms with Gasteiger partial charge in [-0.25, -0.2) is 8.42 Å². The molecule has 2 aromatic rings. The highest BCUT2D eigenvalue weighted by Gasteiger charge is 2.32. The molecule has 0 radical (unpaired) electrons. The van der Waals surface area contributed by atoms with Crippen molar-refractivity contribution in [2.24, 2.45) is 5.92 Å². The van der Waals surface area contributed by atoms with E-state index in [0.29, 0.717) is 34.3 Å². The average Bonchev–Trinajstić information content (AvgIpc) is 2.82. The molecule has 8 nitrogen and oxygen atoms in total. The molecule has 0 spiro atoms. The van der Waals surface area contributed by atoms with E-state index in [9.17, 15) is 18.0 Å². The minimum atomic E-state index is -3.89. The van der Waals surface area contributed by atoms with Crippen LogP contribution in [0.2, 0.25) is 10.0 Å². The van der Waals surface area contributed by atoms with Crippen LogP contribution in [0.4, 0.5) is 5.69 Å². The number of benzene rings is 2. The Morgan fingerprint density at radius 2 is 1.76 bits per heavy atom. The van der Waals surface area contributed by atoms with Gasteiger partial charge in [0, 0.05) is 13.1 Å². The second kappa shape index (κ2) is 13.3. The molecule has 2 aromatic carbocycles. The van der Waals surface area contributed by atoms with Crippen molar-refractivity contribution < 1.29 is 22.7 Å². The van der Waals surface area contributed by atoms with Gasteiger partial charge in [-0.3, -0.25) is 13.9 Å². The summed E-state index contributed by atoms with van der Waals surface area (Å²) in [7, 11) is -2.46. The van der Waals surface area contributed by atoms with E-state index in [1.54, 1.807) is 43.3 Å². The minimum Gasteiger partial charge on any atom is -0.495 e. The second-order valence-corrected chi connectivity index (χ2v) is 12.0. The Hall–Kier alpha value is -2.49. The molecule has 37 heavy (non-hydrogen) atoms. The molecular formula is C26H35Cl2N3O5S. The molecule has 1 atom stereocenters. The van der Waals surface area contributed by atoms with Crippen molar-refractivity contribution in [2.75, 3.05) is 30.8 Å². The predicted octanol–water partition coefficient (Wildman–Crippen LogP) is 4.66. The molecule has 2 rings (SSSR count). The molecule has 0 aromatic heterocycles. The summed E-state index contributed by atoms with van der Waals surface area (Å²) in [5.41, 5.74) is 1.69. The third-order valence-corrected chi connectivity index (χ3v) is 7.56. The molecule has 0 saturated heterocycles. The monoisotopic (exact) mass is 571 g/mol. The van der Waals surface area contributed by atoms with Crippen LogP contribution >= 0.6 is 23.2 Å². The quantitative estimate of drug-likeness (QED) is 0.399. The third kappa shape index (κ3) is 8.51. The first-order valence-electron chi connectivity index (χ1n) is 11.9. The molecule has 0 heterocycles. The van der Waals surface area contributed by atoms with Gasteiger partial charge in [-0.2, -0.15) is 0 Å². The van der Waals surface area contributed by atoms with E-state index in [4.69, 9.17) is 27.9 Å². The topological polar surface area (TPSA) is 96.0 Å². The maximum atomic E-state index is 13.8. The third-order valence-electron chi connectivity index (χ3n) is 5.69. The summed E-state index contributed by atoms with van der Waals surface area (Å²) in [5.74, 6) is -0.341. The molecule has 0 aliphatic rings. The summed E-state index contributed by atoms with van der Waals surface area (Å²) in [6, 6.07) is 9.20. The molecule has 0 aliphatic carbocycles. The van der Waals surface area contributed by atoms with Crippen molar-refractivity contribution in [3.63, 3.8) is 0 Å². The fraction of sp³-hybridized carbons (Fsp3) is 0.462. The number of anilines is 1. The van der Waals surface area contributed by atoms with E-state index < -0.39 is 28.5 Å². The van der Waals surface area contributed by atoms with Gasteiger partial charge in [0.25, 0.3) is 0 Å². The van der Waals surface area contributed by atoms with Crippen LogP contribution < -0.4 is 14.4 Å². The van der Waals surface area contributed by atoms with Crippen LogP contribution in [0.1, 0.15) is 38.3 Å². The standard InChI is InChI=1S/C26H35Cl2N3O5S/c1-7-22(26(33)29-14-17(2)3)30(15-19-9-10-20(27)21(28)13-19)25(32)16-31(37(6,34)35)23-12-18(4)8-11-24(23)36-5/h8-13,17,22H,7,14-16H2,1-6H3,(H,29,33)/t22-/m1/s1. The van der Waals surface area contributed by atoms with E-state index >= 15 is 0 Å². The molecule has 0 saturated carbocycles. The fourth-order valence-electron chi connectivity index (χ4n) is 3.77. The molecule has 204 valence electrons. The van der Waals surface area contributed by atoms with Crippen molar-refractivity contribution in [3.05, 3.63) is 57.6 Å². The van der Waals surface area contributed by atoms with Gasteiger partial charge >= 0.3 is 0 Å². The van der Waals surface area contributed by atoms with Crippen molar-refractivity contribution in [1.82, 2.24) is 10.2 Å². The predicted molar refractivity (Wildman–Crippen MR) is 149 cm³/mol. The highest BCUT2D eigenvalue weighted by molar-refractivity contribution is 7.92. The zero-order valence-electron chi connectivity index (χ0n) is 22.0. The van der Waals surface area contributed by atoms with Crippen molar-refractivity contribution in [2.45, 2.75) is 46.7 Å². The van der Waals surface area contributed by atoms with Gasteiger partial charge in [0.15, 0.2) is 0 Å². The van der Waals surface area contributed by atoms with E-state index in [0.717, 1.165) is 16.1 Å². The van der Waals surface area contributed by atoms with E-state index in [1.807, 2.05) is 20.8 Å². The maximum absolute atomic E-state index is 13.8. The summed E-state index contributed by atoms with van der Waals surface area (Å²) in [6.07, 6.45) is 1.35. The smallest absolute Gasteiger partial charge is 0.244 e. The lowest BCUT2D eigenvalue weighted by molar-refractivity contribution is -0.140. The van der Waals surface area contributed by atoms with Crippen LogP contribution in [0, 0.1) is 12.8 Å². The Kier molecular flexibility index (Phi) is 11.1. The SMILES string of the molecule is CC[C@H](C(=O)NCC(C)C)N(Cc1ccc(Cl)c(Cl)c1)C(=O)CN(c1cc(C)ccc1OC)S(C)(=O)=O. The lowest BCUT2D eigenvalue weighted by atomic mass is 10.1. The Bertz CT molecular complexity index is 1220. The summed E-state index contributed by atoms with van der Waals surface area (Å²) < 4.78 is 32.1. The summed E-state index contributed by atoms with van der Waals surface area (Å²) >= 11 is 12.3. The number of sulfonamides is 1. The van der Waals surface area contributed by atoms with Crippen LogP contribution in [0.5, 0.6) is 5.75 Å². The number of aryl methyl sites for hydroxylation is 1. The molecular weight excluding hydrogens is 537 g/mol. The Morgan fingerprint density at radius 1 is 1.08 bits per heavy atom. The average molecular weight is 573 g/mol. The number of carbonyl (C=O) groups is 2. The Labute approximate surface area is 229 Å². The Balaban J connectivity index is 2.52. The number of methoxy groups -OCH3 is 1. The molecule has 2 amide bonds. The largest absolute Gasteiger partial charge is 0.495 e. The van der Waals surface area contributed by atoms with Gasteiger partial charge in [-0.1, -0.05) is 56.1 Å². The van der Waals surface area contributed by atoms with Crippen LogP contribution in [0.15, 0.2) is 36.4 Å². The molecule has 0 bridgehead atoms. The van der Waals surface area contributed by atoms with Crippen LogP contribution in [-0.2, 0) is 26.2 Å². The first kappa shape index (κ1) is 30.7. The Morgan fingerprint density at radius 3 is 2.30 bits per heavy atom. The maximum Gasteiger partial charge on any atom is 0.244 e. The fourth-order valence-corrected chi connectivity index (χ4v) is 4.93. The number of nitrogens with one attached hydrogen (secondary N) is 1. The first-order chi connectivity index (χ1) is 17.3. The molecule has 0 aliphatic heterocycles. The number of nitrogens with zero attached hydrogens (tertiary/aromatic N) is 2. The van der Waals surface area contributed by atoms with Crippen LogP contribution in [0.25, 0.3) is 0 Å². The number of amides is 2. The van der Waals surface area contributed by atoms with Gasteiger partial charge in [0.1, 0.15) is 18.3 Å². The van der Waals surface area contributed by atoms with Crippen LogP contribution in [-0.4, -0.2) is 57.6 Å². The summed E-state index contributed by atoms with van der Waals surface area (Å²) in [5, 5.41) is 3.56. The number of hydrogen-bond donors (Lipinski definition) is 1. The van der Waals surface area contributed by atoms with Gasteiger partial charge in [0.2, 0.25) is 21.8 Å². The summed E-state index contributed by atoms with van der Waals surface area (Å²) in [6.45, 7) is 7.51. The van der Waals surface area contributed by atoms with Crippen molar-refractivity contribution >= 4 is 50.7 Å². The highest BCUT2D eigenvalue weighted by atomic mass is 35.5. The molecule has 11 heteroatoms. The van der Waals surface area contributed by atoms with Gasteiger partial charge < -0.3 is 15.0 Å². The first-order valence-corrected chi connectivity index (χ1v) is 14.5. The lowest BCUT2D eigenvalue weighted by Crippen LogP contribution is -2.52. The number of halogens is 2. The van der Waals surface area contributed by atoms with E-state index in [-0.39, 0.29) is 24.1 Å². The minimum absolute atomic E-state index is 0.0336. The molecule has 0 fully saturated rings. The van der Waals surface area contributed by atoms with Gasteiger partial charge in [-0.05, 0) is 54.7 Å². The number of hydrogen-bond acceptors (Lipinski definition) is 5. The summed E-state index contributed by atoms with van der Waals surface area (Å²) in [4.78, 5) is 28.3. The lowest BCUT2D eigenvalue weighted by Gasteiger charge is -2.33. The van der Waals surface area contributed by atoms with Crippen LogP contribution in [0.3, 0.4) is 0 Å². The van der Waals surface area contributed by atoms with Crippen molar-refractivity contribution in [3.8, 4) is 5.75 Å². The van der Waals surface area contributed by atoms with E-state index in [1.165, 1.54) is 12.0 Å². The zero-order valence-corrected chi connectivity index (χ0v) is 24.4. The van der Waals surface area contributed by atoms with E-state index in [2.05, 4.69) is 5.32 Å². The van der Waals surface area contributed by atoms with Gasteiger partial charge in [0.05, 0.1) is 29.1 Å². The molecule has 1 N–H and O–H groups in total. The number of rotatable bonds is 12. The highest BCUT2D eigenvalue weighted by Crippen LogP contribution is 2.31. The normalized spacial score (nSPS) is 12.2. The number of carbonyl (C=O) groups excluding carboxylic acids is 2. The number of ether oxygens (including phenoxy) is 1. The second-order valence-electron chi connectivity index (χ2n) is 9.28. The van der Waals surface area contributed by atoms with Gasteiger partial charge in [-0.15, -0.1) is 0 Å². The molecule has 0 unspecified atom stereocenters. The van der Waals surface area contributed by atoms with Crippen molar-refractivity contribution in [1.29, 1.82) is 0 Å².